The molecular formula is C9H11BrClN. The summed E-state index contributed by atoms with van der Waals surface area (Å²) in [5.41, 5.74) is 6.60. The van der Waals surface area contributed by atoms with Gasteiger partial charge in [-0.15, -0.1) is 0 Å². The molecule has 1 rings (SSSR count). The highest BCUT2D eigenvalue weighted by atomic mass is 79.9. The van der Waals surface area contributed by atoms with Gasteiger partial charge in [0.1, 0.15) is 0 Å². The minimum atomic E-state index is -0.357. The molecule has 0 fully saturated rings. The van der Waals surface area contributed by atoms with Gasteiger partial charge >= 0.3 is 0 Å². The quantitative estimate of drug-likeness (QED) is 0.811. The van der Waals surface area contributed by atoms with Crippen LogP contribution in [0, 0.1) is 0 Å². The molecule has 0 atom stereocenters. The fraction of sp³-hybridized carbons (Fsp3) is 0.333. The molecule has 12 heavy (non-hydrogen) atoms. The second-order valence-corrected chi connectivity index (χ2v) is 4.64. The number of nitrogens with two attached hydrogens (primary N) is 1. The number of hydrogen-bond acceptors (Lipinski definition) is 1. The Bertz CT molecular complexity index is 291. The summed E-state index contributed by atoms with van der Waals surface area (Å²) >= 11 is 9.27. The first-order valence-corrected chi connectivity index (χ1v) is 4.83. The Morgan fingerprint density at radius 2 is 2.00 bits per heavy atom. The Hall–Kier alpha value is -0.0500. The van der Waals surface area contributed by atoms with Crippen molar-refractivity contribution in [3.05, 3.63) is 33.3 Å². The van der Waals surface area contributed by atoms with Gasteiger partial charge in [0.05, 0.1) is 0 Å². The van der Waals surface area contributed by atoms with E-state index in [4.69, 9.17) is 17.3 Å². The predicted molar refractivity (Wildman–Crippen MR) is 56.4 cm³/mol. The van der Waals surface area contributed by atoms with E-state index >= 15 is 0 Å². The van der Waals surface area contributed by atoms with Gasteiger partial charge in [-0.1, -0.05) is 27.5 Å². The molecule has 2 N–H and O–H groups in total. The maximum atomic E-state index is 5.94. The van der Waals surface area contributed by atoms with Crippen LogP contribution in [0.25, 0.3) is 0 Å². The Balaban J connectivity index is 3.23. The molecule has 0 saturated heterocycles. The number of benzene rings is 1. The largest absolute Gasteiger partial charge is 0.322 e. The third-order valence-electron chi connectivity index (χ3n) is 1.62. The molecule has 0 aliphatic carbocycles. The van der Waals surface area contributed by atoms with Gasteiger partial charge in [-0.25, -0.2) is 0 Å². The molecule has 0 unspecified atom stereocenters. The van der Waals surface area contributed by atoms with Crippen molar-refractivity contribution in [1.29, 1.82) is 0 Å². The van der Waals surface area contributed by atoms with E-state index in [2.05, 4.69) is 15.9 Å². The average molecular weight is 249 g/mol. The monoisotopic (exact) mass is 247 g/mol. The van der Waals surface area contributed by atoms with Gasteiger partial charge in [0.2, 0.25) is 0 Å². The van der Waals surface area contributed by atoms with E-state index in [1.807, 2.05) is 32.0 Å². The van der Waals surface area contributed by atoms with Crippen molar-refractivity contribution in [3.8, 4) is 0 Å². The van der Waals surface area contributed by atoms with E-state index in [9.17, 15) is 0 Å². The number of hydrogen-bond donors (Lipinski definition) is 1. The first kappa shape index (κ1) is 10.0. The molecule has 0 saturated carbocycles. The fourth-order valence-electron chi connectivity index (χ4n) is 0.991. The zero-order valence-electron chi connectivity index (χ0n) is 7.07. The first-order valence-electron chi connectivity index (χ1n) is 3.65. The summed E-state index contributed by atoms with van der Waals surface area (Å²) in [4.78, 5) is 0. The van der Waals surface area contributed by atoms with Gasteiger partial charge in [-0.05, 0) is 37.6 Å². The summed E-state index contributed by atoms with van der Waals surface area (Å²) < 4.78 is 0.999. The molecule has 3 heteroatoms. The van der Waals surface area contributed by atoms with Gasteiger partial charge in [-0.3, -0.25) is 0 Å². The van der Waals surface area contributed by atoms with Crippen LogP contribution >= 0.6 is 27.5 Å². The summed E-state index contributed by atoms with van der Waals surface area (Å²) in [7, 11) is 0. The van der Waals surface area contributed by atoms with E-state index in [1.54, 1.807) is 0 Å². The smallest absolute Gasteiger partial charge is 0.0410 e. The van der Waals surface area contributed by atoms with E-state index in [0.717, 1.165) is 10.0 Å². The Morgan fingerprint density at radius 1 is 1.42 bits per heavy atom. The molecule has 0 spiro atoms. The van der Waals surface area contributed by atoms with Crippen LogP contribution in [0.1, 0.15) is 19.4 Å². The van der Waals surface area contributed by atoms with Gasteiger partial charge in [0.15, 0.2) is 0 Å². The van der Waals surface area contributed by atoms with Crippen LogP contribution < -0.4 is 5.73 Å². The van der Waals surface area contributed by atoms with Crippen LogP contribution in [-0.2, 0) is 5.54 Å². The third-order valence-corrected chi connectivity index (χ3v) is 2.55. The average Bonchev–Trinajstić information content (AvgIpc) is 1.92. The molecule has 66 valence electrons. The van der Waals surface area contributed by atoms with Crippen molar-refractivity contribution < 1.29 is 0 Å². The summed E-state index contributed by atoms with van der Waals surface area (Å²) in [5.74, 6) is 0. The fourth-order valence-corrected chi connectivity index (χ4v) is 1.92. The van der Waals surface area contributed by atoms with Crippen molar-refractivity contribution in [3.63, 3.8) is 0 Å². The predicted octanol–water partition coefficient (Wildman–Crippen LogP) is 3.30. The van der Waals surface area contributed by atoms with Crippen LogP contribution in [0.5, 0.6) is 0 Å². The van der Waals surface area contributed by atoms with Crippen molar-refractivity contribution in [2.45, 2.75) is 19.4 Å². The molecule has 0 radical (unpaired) electrons. The number of halogens is 2. The second kappa shape index (κ2) is 3.36. The zero-order valence-corrected chi connectivity index (χ0v) is 9.41. The van der Waals surface area contributed by atoms with Crippen LogP contribution in [0.4, 0.5) is 0 Å². The van der Waals surface area contributed by atoms with Crippen molar-refractivity contribution >= 4 is 27.5 Å². The van der Waals surface area contributed by atoms with Crippen molar-refractivity contribution in [2.75, 3.05) is 0 Å². The van der Waals surface area contributed by atoms with E-state index in [-0.39, 0.29) is 5.54 Å². The third kappa shape index (κ3) is 2.22. The van der Waals surface area contributed by atoms with Crippen molar-refractivity contribution in [1.82, 2.24) is 0 Å². The highest BCUT2D eigenvalue weighted by Crippen LogP contribution is 2.28. The van der Waals surface area contributed by atoms with E-state index in [0.29, 0.717) is 5.02 Å². The first-order chi connectivity index (χ1) is 5.41. The standard InChI is InChI=1S/C9H11BrClN/c1-9(2,12)7-5-6(11)3-4-8(7)10/h3-5H,12H2,1-2H3. The summed E-state index contributed by atoms with van der Waals surface area (Å²) in [5, 5.41) is 0.715. The molecular weight excluding hydrogens is 237 g/mol. The minimum absolute atomic E-state index is 0.357. The van der Waals surface area contributed by atoms with E-state index in [1.165, 1.54) is 0 Å². The molecule has 0 bridgehead atoms. The molecule has 0 aliphatic rings. The van der Waals surface area contributed by atoms with Gasteiger partial charge < -0.3 is 5.73 Å². The molecule has 0 aromatic heterocycles. The highest BCUT2D eigenvalue weighted by Gasteiger charge is 2.17. The summed E-state index contributed by atoms with van der Waals surface area (Å²) in [6, 6.07) is 5.62. The Labute approximate surface area is 86.0 Å². The minimum Gasteiger partial charge on any atom is -0.322 e. The lowest BCUT2D eigenvalue weighted by molar-refractivity contribution is 0.551. The SMILES string of the molecule is CC(C)(N)c1cc(Cl)ccc1Br. The highest BCUT2D eigenvalue weighted by molar-refractivity contribution is 9.10. The summed E-state index contributed by atoms with van der Waals surface area (Å²) in [6.07, 6.45) is 0. The van der Waals surface area contributed by atoms with Crippen LogP contribution in [-0.4, -0.2) is 0 Å². The number of rotatable bonds is 1. The van der Waals surface area contributed by atoms with Crippen LogP contribution in [0.3, 0.4) is 0 Å². The van der Waals surface area contributed by atoms with Crippen LogP contribution in [0.15, 0.2) is 22.7 Å². The van der Waals surface area contributed by atoms with Crippen molar-refractivity contribution in [2.24, 2.45) is 5.73 Å². The van der Waals surface area contributed by atoms with Gasteiger partial charge in [0.25, 0.3) is 0 Å². The Morgan fingerprint density at radius 3 is 2.42 bits per heavy atom. The van der Waals surface area contributed by atoms with Gasteiger partial charge in [0, 0.05) is 15.0 Å². The molecule has 0 heterocycles. The molecule has 1 aromatic carbocycles. The lowest BCUT2D eigenvalue weighted by Crippen LogP contribution is -2.29. The topological polar surface area (TPSA) is 26.0 Å². The normalized spacial score (nSPS) is 11.8. The molecule has 1 aromatic rings. The summed E-state index contributed by atoms with van der Waals surface area (Å²) in [6.45, 7) is 3.90. The maximum absolute atomic E-state index is 5.94. The van der Waals surface area contributed by atoms with Gasteiger partial charge in [-0.2, -0.15) is 0 Å². The lowest BCUT2D eigenvalue weighted by Gasteiger charge is -2.20. The Kier molecular flexibility index (Phi) is 2.81. The maximum Gasteiger partial charge on any atom is 0.0410 e. The molecule has 1 nitrogen and oxygen atoms in total. The molecule has 0 aliphatic heterocycles. The zero-order chi connectivity index (χ0) is 9.35. The van der Waals surface area contributed by atoms with Crippen LogP contribution in [0.2, 0.25) is 5.02 Å². The molecule has 0 amide bonds. The lowest BCUT2D eigenvalue weighted by atomic mass is 9.96. The second-order valence-electron chi connectivity index (χ2n) is 3.35. The van der Waals surface area contributed by atoms with E-state index < -0.39 is 0 Å².